The zero-order chi connectivity index (χ0) is 22.1. The maximum absolute atomic E-state index is 13.1. The van der Waals surface area contributed by atoms with Crippen molar-refractivity contribution in [3.63, 3.8) is 0 Å². The summed E-state index contributed by atoms with van der Waals surface area (Å²) >= 11 is 0. The van der Waals surface area contributed by atoms with Crippen LogP contribution >= 0.6 is 0 Å². The van der Waals surface area contributed by atoms with Crippen molar-refractivity contribution in [2.24, 2.45) is 0 Å². The minimum atomic E-state index is -4.98. The fraction of sp³-hybridized carbons (Fsp3) is 0.526. The van der Waals surface area contributed by atoms with Crippen LogP contribution in [0.3, 0.4) is 0 Å². The van der Waals surface area contributed by atoms with Crippen molar-refractivity contribution in [2.45, 2.75) is 51.0 Å². The van der Waals surface area contributed by atoms with Crippen LogP contribution in [0.2, 0.25) is 0 Å². The molecule has 0 radical (unpaired) electrons. The second kappa shape index (κ2) is 11.0. The molecule has 0 fully saturated rings. The van der Waals surface area contributed by atoms with E-state index in [0.29, 0.717) is 12.8 Å². The molecule has 1 amide bonds. The van der Waals surface area contributed by atoms with Crippen molar-refractivity contribution >= 4 is 27.8 Å². The molecule has 0 bridgehead atoms. The molecular formula is C19H27NO8S. The van der Waals surface area contributed by atoms with Gasteiger partial charge >= 0.3 is 5.97 Å². The third kappa shape index (κ3) is 6.62. The van der Waals surface area contributed by atoms with E-state index in [-0.39, 0.29) is 17.0 Å². The van der Waals surface area contributed by atoms with E-state index in [4.69, 9.17) is 4.84 Å². The van der Waals surface area contributed by atoms with Gasteiger partial charge in [-0.15, -0.1) is 0 Å². The number of hydrogen-bond donors (Lipinski definition) is 2. The Bertz CT molecular complexity index is 809. The molecule has 0 aliphatic rings. The number of hydrogen-bond acceptors (Lipinski definition) is 6. The summed E-state index contributed by atoms with van der Waals surface area (Å²) in [4.78, 5) is 42.8. The van der Waals surface area contributed by atoms with Gasteiger partial charge in [0.25, 0.3) is 10.1 Å². The first kappa shape index (κ1) is 24.7. The van der Waals surface area contributed by atoms with Gasteiger partial charge in [-0.2, -0.15) is 13.5 Å². The number of benzene rings is 1. The Morgan fingerprint density at radius 2 is 1.66 bits per heavy atom. The van der Waals surface area contributed by atoms with E-state index in [0.717, 1.165) is 26.4 Å². The molecule has 9 nitrogen and oxygen atoms in total. The van der Waals surface area contributed by atoms with Crippen molar-refractivity contribution < 1.29 is 37.3 Å². The minimum absolute atomic E-state index is 0.139. The SMILES string of the molecule is CCCCCCCC(=O)N(OC)[C@@](CS(=O)(=O)O)(C(=O)O)C(=O)c1ccccc1. The van der Waals surface area contributed by atoms with Gasteiger partial charge in [0.05, 0.1) is 7.11 Å². The van der Waals surface area contributed by atoms with Crippen molar-refractivity contribution in [3.8, 4) is 0 Å². The summed E-state index contributed by atoms with van der Waals surface area (Å²) in [5.74, 6) is -5.52. The third-order valence-electron chi connectivity index (χ3n) is 4.41. The van der Waals surface area contributed by atoms with E-state index >= 15 is 0 Å². The van der Waals surface area contributed by atoms with Gasteiger partial charge in [0.2, 0.25) is 17.2 Å². The molecule has 1 aromatic rings. The normalized spacial score (nSPS) is 13.5. The Balaban J connectivity index is 3.34. The summed E-state index contributed by atoms with van der Waals surface area (Å²) in [5, 5.41) is 10.1. The number of hydroxylamine groups is 2. The number of carboxylic acid groups (broad SMARTS) is 1. The topological polar surface area (TPSA) is 138 Å². The summed E-state index contributed by atoms with van der Waals surface area (Å²) in [6.45, 7) is 2.03. The fourth-order valence-electron chi connectivity index (χ4n) is 3.01. The van der Waals surface area contributed by atoms with Gasteiger partial charge in [-0.25, -0.2) is 4.79 Å². The molecule has 0 saturated carbocycles. The molecule has 0 heterocycles. The highest BCUT2D eigenvalue weighted by Crippen LogP contribution is 2.26. The molecule has 29 heavy (non-hydrogen) atoms. The van der Waals surface area contributed by atoms with Gasteiger partial charge in [0.15, 0.2) is 0 Å². The Kier molecular flexibility index (Phi) is 9.41. The maximum Gasteiger partial charge on any atom is 0.341 e. The molecule has 0 unspecified atom stereocenters. The molecule has 0 spiro atoms. The average molecular weight is 429 g/mol. The number of carbonyl (C=O) groups is 3. The number of carbonyl (C=O) groups excluding carboxylic acids is 2. The number of amides is 1. The lowest BCUT2D eigenvalue weighted by molar-refractivity contribution is -0.206. The molecule has 1 aromatic carbocycles. The highest BCUT2D eigenvalue weighted by atomic mass is 32.2. The van der Waals surface area contributed by atoms with E-state index < -0.39 is 39.1 Å². The van der Waals surface area contributed by atoms with Crippen LogP contribution in [-0.2, 0) is 24.5 Å². The molecule has 162 valence electrons. The van der Waals surface area contributed by atoms with Crippen LogP contribution in [-0.4, -0.2) is 59.2 Å². The van der Waals surface area contributed by atoms with Gasteiger partial charge < -0.3 is 5.11 Å². The summed E-state index contributed by atoms with van der Waals surface area (Å²) in [5.41, 5.74) is -3.11. The highest BCUT2D eigenvalue weighted by molar-refractivity contribution is 7.85. The predicted octanol–water partition coefficient (Wildman–Crippen LogP) is 2.33. The third-order valence-corrected chi connectivity index (χ3v) is 5.19. The number of unbranched alkanes of at least 4 members (excludes halogenated alkanes) is 4. The highest BCUT2D eigenvalue weighted by Gasteiger charge is 2.57. The Morgan fingerprint density at radius 1 is 1.07 bits per heavy atom. The standard InChI is InChI=1S/C19H27NO8S/c1-3-4-5-6-10-13-16(21)20(28-2)19(18(23)24,14-29(25,26)27)17(22)15-11-8-7-9-12-15/h7-9,11-12H,3-6,10,13-14H2,1-2H3,(H,23,24)(H,25,26,27)/t19-/m1/s1. The first-order valence-electron chi connectivity index (χ1n) is 9.25. The summed E-state index contributed by atoms with van der Waals surface area (Å²) < 4.78 is 32.6. The predicted molar refractivity (Wildman–Crippen MR) is 105 cm³/mol. The van der Waals surface area contributed by atoms with Crippen molar-refractivity contribution in [1.29, 1.82) is 0 Å². The number of rotatable bonds is 13. The van der Waals surface area contributed by atoms with Crippen LogP contribution in [0, 0.1) is 0 Å². The number of Topliss-reactive ketones (excluding diaryl/α,β-unsaturated/α-hetero) is 1. The van der Waals surface area contributed by atoms with Gasteiger partial charge in [-0.3, -0.25) is 19.0 Å². The van der Waals surface area contributed by atoms with E-state index in [2.05, 4.69) is 0 Å². The van der Waals surface area contributed by atoms with Crippen LogP contribution in [0.4, 0.5) is 0 Å². The van der Waals surface area contributed by atoms with E-state index in [9.17, 15) is 32.5 Å². The van der Waals surface area contributed by atoms with Crippen LogP contribution in [0.1, 0.15) is 55.8 Å². The van der Waals surface area contributed by atoms with Gasteiger partial charge in [-0.1, -0.05) is 62.9 Å². The lowest BCUT2D eigenvalue weighted by Crippen LogP contribution is -2.65. The summed E-state index contributed by atoms with van der Waals surface area (Å²) in [7, 11) is -4.01. The number of carboxylic acids is 1. The molecule has 0 aliphatic heterocycles. The van der Waals surface area contributed by atoms with Crippen LogP contribution in [0.25, 0.3) is 0 Å². The smallest absolute Gasteiger partial charge is 0.341 e. The fourth-order valence-corrected chi connectivity index (χ4v) is 3.91. The molecule has 10 heteroatoms. The molecule has 1 rings (SSSR count). The monoisotopic (exact) mass is 429 g/mol. The van der Waals surface area contributed by atoms with Crippen molar-refractivity contribution in [2.75, 3.05) is 12.9 Å². The van der Waals surface area contributed by atoms with E-state index in [1.165, 1.54) is 24.3 Å². The second-order valence-corrected chi connectivity index (χ2v) is 8.07. The largest absolute Gasteiger partial charge is 0.479 e. The van der Waals surface area contributed by atoms with Crippen LogP contribution in [0.15, 0.2) is 30.3 Å². The molecule has 0 aliphatic carbocycles. The summed E-state index contributed by atoms with van der Waals surface area (Å²) in [6.07, 6.45) is 3.85. The Labute approximate surface area is 170 Å². The number of nitrogens with zero attached hydrogens (tertiary/aromatic N) is 1. The van der Waals surface area contributed by atoms with E-state index in [1.54, 1.807) is 6.07 Å². The molecule has 2 N–H and O–H groups in total. The van der Waals surface area contributed by atoms with Crippen molar-refractivity contribution in [1.82, 2.24) is 5.06 Å². The molecule has 0 aromatic heterocycles. The van der Waals surface area contributed by atoms with Crippen LogP contribution in [0.5, 0.6) is 0 Å². The molecule has 0 saturated heterocycles. The minimum Gasteiger partial charge on any atom is -0.479 e. The molecule has 1 atom stereocenters. The summed E-state index contributed by atoms with van der Waals surface area (Å²) in [6, 6.07) is 7.07. The zero-order valence-electron chi connectivity index (χ0n) is 16.5. The number of aliphatic carboxylic acids is 1. The average Bonchev–Trinajstić information content (AvgIpc) is 2.66. The first-order chi connectivity index (χ1) is 13.6. The van der Waals surface area contributed by atoms with Gasteiger partial charge in [-0.05, 0) is 6.42 Å². The van der Waals surface area contributed by atoms with Crippen LogP contribution < -0.4 is 0 Å². The lowest BCUT2D eigenvalue weighted by atomic mass is 9.90. The Hall–Kier alpha value is -2.30. The molecular weight excluding hydrogens is 402 g/mol. The van der Waals surface area contributed by atoms with Gasteiger partial charge in [0.1, 0.15) is 5.75 Å². The lowest BCUT2D eigenvalue weighted by Gasteiger charge is -2.36. The Morgan fingerprint density at radius 3 is 2.14 bits per heavy atom. The van der Waals surface area contributed by atoms with Crippen molar-refractivity contribution in [3.05, 3.63) is 35.9 Å². The maximum atomic E-state index is 13.1. The van der Waals surface area contributed by atoms with E-state index in [1.807, 2.05) is 6.92 Å². The van der Waals surface area contributed by atoms with Gasteiger partial charge in [0, 0.05) is 12.0 Å². The zero-order valence-corrected chi connectivity index (χ0v) is 17.4. The number of ketones is 1. The second-order valence-electron chi connectivity index (χ2n) is 6.62. The quantitative estimate of drug-likeness (QED) is 0.160. The first-order valence-corrected chi connectivity index (χ1v) is 10.9.